The molecule has 0 aliphatic carbocycles. The van der Waals surface area contributed by atoms with Crippen molar-refractivity contribution in [3.8, 4) is 0 Å². The van der Waals surface area contributed by atoms with Crippen LogP contribution in [-0.2, 0) is 16.1 Å². The Kier molecular flexibility index (Phi) is 7.36. The molecule has 1 saturated heterocycles. The van der Waals surface area contributed by atoms with E-state index < -0.39 is 30.0 Å². The van der Waals surface area contributed by atoms with Crippen LogP contribution in [0.15, 0.2) is 103 Å². The predicted molar refractivity (Wildman–Crippen MR) is 146 cm³/mol. The molecule has 4 aromatic rings. The van der Waals surface area contributed by atoms with Gasteiger partial charge in [0.05, 0.1) is 12.1 Å². The highest BCUT2D eigenvalue weighted by Crippen LogP contribution is 2.35. The summed E-state index contributed by atoms with van der Waals surface area (Å²) in [4.78, 5) is 40.5. The average molecular weight is 524 g/mol. The van der Waals surface area contributed by atoms with E-state index in [1.807, 2.05) is 49.4 Å². The second-order valence-corrected chi connectivity index (χ2v) is 9.27. The van der Waals surface area contributed by atoms with E-state index in [1.54, 1.807) is 42.5 Å². The highest BCUT2D eigenvalue weighted by Gasteiger charge is 2.47. The Labute approximate surface area is 225 Å². The fourth-order valence-electron chi connectivity index (χ4n) is 4.44. The second-order valence-electron chi connectivity index (χ2n) is 9.27. The molecule has 1 aliphatic heterocycles. The number of hydrogen-bond donors (Lipinski definition) is 2. The summed E-state index contributed by atoms with van der Waals surface area (Å²) in [6, 6.07) is 28.1. The van der Waals surface area contributed by atoms with E-state index in [2.05, 4.69) is 10.6 Å². The number of nitrogens with one attached hydrogen (secondary N) is 2. The fourth-order valence-corrected chi connectivity index (χ4v) is 4.44. The van der Waals surface area contributed by atoms with E-state index in [-0.39, 0.29) is 18.0 Å². The number of hydrogen-bond acceptors (Lipinski definition) is 4. The molecule has 7 nitrogen and oxygen atoms in total. The molecule has 5 rings (SSSR count). The van der Waals surface area contributed by atoms with Gasteiger partial charge in [0, 0.05) is 11.4 Å². The maximum absolute atomic E-state index is 14.0. The van der Waals surface area contributed by atoms with Gasteiger partial charge in [-0.2, -0.15) is 0 Å². The van der Waals surface area contributed by atoms with Crippen LogP contribution in [0.3, 0.4) is 0 Å². The summed E-state index contributed by atoms with van der Waals surface area (Å²) in [7, 11) is 0. The van der Waals surface area contributed by atoms with E-state index in [9.17, 15) is 18.8 Å². The zero-order chi connectivity index (χ0) is 27.4. The lowest BCUT2D eigenvalue weighted by Crippen LogP contribution is -2.43. The monoisotopic (exact) mass is 523 g/mol. The van der Waals surface area contributed by atoms with Crippen molar-refractivity contribution in [1.29, 1.82) is 0 Å². The number of amides is 3. The number of rotatable bonds is 7. The Morgan fingerprint density at radius 1 is 0.821 bits per heavy atom. The van der Waals surface area contributed by atoms with E-state index in [0.717, 1.165) is 11.1 Å². The van der Waals surface area contributed by atoms with E-state index >= 15 is 0 Å². The first kappa shape index (κ1) is 25.7. The number of ether oxygens (including phenoxy) is 1. The van der Waals surface area contributed by atoms with Gasteiger partial charge >= 0.3 is 6.09 Å². The smallest absolute Gasteiger partial charge is 0.411 e. The SMILES string of the molecule is Cc1ccc(CN2C(=O)O[C@@H](c3ccc(NC(=O)c4ccccc4F)cc3)[C@@H]2C(=O)Nc2ccccc2)cc1. The molecular formula is C31H26FN3O4. The van der Waals surface area contributed by atoms with Crippen LogP contribution in [0.1, 0.15) is 33.2 Å². The van der Waals surface area contributed by atoms with Gasteiger partial charge in [-0.15, -0.1) is 0 Å². The number of nitrogens with zero attached hydrogens (tertiary/aromatic N) is 1. The number of benzene rings is 4. The van der Waals surface area contributed by atoms with Gasteiger partial charge in [0.1, 0.15) is 5.82 Å². The van der Waals surface area contributed by atoms with Crippen molar-refractivity contribution in [3.63, 3.8) is 0 Å². The second kappa shape index (κ2) is 11.2. The van der Waals surface area contributed by atoms with Crippen molar-refractivity contribution in [2.75, 3.05) is 10.6 Å². The Morgan fingerprint density at radius 2 is 1.46 bits per heavy atom. The highest BCUT2D eigenvalue weighted by molar-refractivity contribution is 6.04. The Bertz CT molecular complexity index is 1490. The zero-order valence-corrected chi connectivity index (χ0v) is 21.1. The van der Waals surface area contributed by atoms with Gasteiger partial charge in [-0.3, -0.25) is 14.5 Å². The largest absolute Gasteiger partial charge is 0.438 e. The Hall–Kier alpha value is -4.98. The number of para-hydroxylation sites is 1. The summed E-state index contributed by atoms with van der Waals surface area (Å²) in [6.07, 6.45) is -1.49. The van der Waals surface area contributed by atoms with Crippen LogP contribution in [0.2, 0.25) is 0 Å². The molecular weight excluding hydrogens is 497 g/mol. The molecule has 0 saturated carbocycles. The molecule has 2 N–H and O–H groups in total. The maximum Gasteiger partial charge on any atom is 0.411 e. The first-order chi connectivity index (χ1) is 18.9. The van der Waals surface area contributed by atoms with Gasteiger partial charge in [-0.05, 0) is 54.4 Å². The van der Waals surface area contributed by atoms with Crippen molar-refractivity contribution < 1.29 is 23.5 Å². The number of halogens is 1. The topological polar surface area (TPSA) is 87.7 Å². The number of carbonyl (C=O) groups is 3. The summed E-state index contributed by atoms with van der Waals surface area (Å²) in [5.41, 5.74) is 3.48. The lowest BCUT2D eigenvalue weighted by atomic mass is 10.00. The van der Waals surface area contributed by atoms with Crippen molar-refractivity contribution in [2.24, 2.45) is 0 Å². The fraction of sp³-hybridized carbons (Fsp3) is 0.129. The van der Waals surface area contributed by atoms with Crippen LogP contribution in [0.4, 0.5) is 20.6 Å². The first-order valence-corrected chi connectivity index (χ1v) is 12.4. The standard InChI is InChI=1S/C31H26FN3O4/c1-20-11-13-21(14-12-20)19-35-27(30(37)34-23-7-3-2-4-8-23)28(39-31(35)38)22-15-17-24(18-16-22)33-29(36)25-9-5-6-10-26(25)32/h2-18,27-28H,19H2,1H3,(H,33,36)(H,34,37)/t27-,28+/m1/s1. The summed E-state index contributed by atoms with van der Waals surface area (Å²) < 4.78 is 19.7. The summed E-state index contributed by atoms with van der Waals surface area (Å²) in [6.45, 7) is 2.17. The molecule has 4 aromatic carbocycles. The molecule has 39 heavy (non-hydrogen) atoms. The third kappa shape index (κ3) is 5.80. The van der Waals surface area contributed by atoms with Crippen LogP contribution in [0, 0.1) is 12.7 Å². The molecule has 0 bridgehead atoms. The van der Waals surface area contributed by atoms with Crippen LogP contribution in [0.25, 0.3) is 0 Å². The Morgan fingerprint density at radius 3 is 2.15 bits per heavy atom. The zero-order valence-electron chi connectivity index (χ0n) is 21.1. The molecule has 0 unspecified atom stereocenters. The molecule has 1 fully saturated rings. The van der Waals surface area contributed by atoms with Gasteiger partial charge in [0.15, 0.2) is 12.1 Å². The number of cyclic esters (lactones) is 1. The van der Waals surface area contributed by atoms with Gasteiger partial charge in [0.2, 0.25) is 0 Å². The molecule has 1 heterocycles. The lowest BCUT2D eigenvalue weighted by Gasteiger charge is -2.24. The quantitative estimate of drug-likeness (QED) is 0.307. The molecule has 2 atom stereocenters. The number of aryl methyl sites for hydroxylation is 1. The van der Waals surface area contributed by atoms with Crippen molar-refractivity contribution in [3.05, 3.63) is 131 Å². The minimum atomic E-state index is -0.946. The minimum Gasteiger partial charge on any atom is -0.438 e. The lowest BCUT2D eigenvalue weighted by molar-refractivity contribution is -0.121. The average Bonchev–Trinajstić information content (AvgIpc) is 3.26. The highest BCUT2D eigenvalue weighted by atomic mass is 19.1. The van der Waals surface area contributed by atoms with Gasteiger partial charge in [-0.1, -0.05) is 72.3 Å². The van der Waals surface area contributed by atoms with Gasteiger partial charge in [0.25, 0.3) is 11.8 Å². The third-order valence-corrected chi connectivity index (χ3v) is 6.48. The van der Waals surface area contributed by atoms with Gasteiger partial charge < -0.3 is 15.4 Å². The van der Waals surface area contributed by atoms with Gasteiger partial charge in [-0.25, -0.2) is 9.18 Å². The number of anilines is 2. The van der Waals surface area contributed by atoms with Crippen molar-refractivity contribution in [1.82, 2.24) is 4.90 Å². The van der Waals surface area contributed by atoms with E-state index in [1.165, 1.54) is 23.1 Å². The molecule has 196 valence electrons. The van der Waals surface area contributed by atoms with E-state index in [0.29, 0.717) is 16.9 Å². The molecule has 3 amide bonds. The third-order valence-electron chi connectivity index (χ3n) is 6.48. The van der Waals surface area contributed by atoms with Crippen LogP contribution in [0.5, 0.6) is 0 Å². The van der Waals surface area contributed by atoms with Crippen LogP contribution in [-0.4, -0.2) is 28.8 Å². The summed E-state index contributed by atoms with van der Waals surface area (Å²) >= 11 is 0. The van der Waals surface area contributed by atoms with Crippen molar-refractivity contribution >= 4 is 29.3 Å². The molecule has 0 spiro atoms. The molecule has 0 aromatic heterocycles. The predicted octanol–water partition coefficient (Wildman–Crippen LogP) is 6.09. The van der Waals surface area contributed by atoms with Crippen LogP contribution >= 0.6 is 0 Å². The van der Waals surface area contributed by atoms with Crippen LogP contribution < -0.4 is 10.6 Å². The first-order valence-electron chi connectivity index (χ1n) is 12.4. The normalized spacial score (nSPS) is 16.5. The Balaban J connectivity index is 1.39. The molecule has 1 aliphatic rings. The summed E-state index contributed by atoms with van der Waals surface area (Å²) in [5.74, 6) is -1.59. The van der Waals surface area contributed by atoms with Crippen molar-refractivity contribution in [2.45, 2.75) is 25.6 Å². The molecule has 8 heteroatoms. The molecule has 0 radical (unpaired) electrons. The number of carbonyl (C=O) groups excluding carboxylic acids is 3. The van der Waals surface area contributed by atoms with E-state index in [4.69, 9.17) is 4.74 Å². The maximum atomic E-state index is 14.0. The minimum absolute atomic E-state index is 0.0734. The summed E-state index contributed by atoms with van der Waals surface area (Å²) in [5, 5.41) is 5.55.